The number of fused-ring (bicyclic) bond motifs is 1. The molecule has 116 valence electrons. The quantitative estimate of drug-likeness (QED) is 0.726. The van der Waals surface area contributed by atoms with Crippen LogP contribution in [0.3, 0.4) is 0 Å². The molecule has 0 aliphatic rings. The van der Waals surface area contributed by atoms with Crippen LogP contribution in [0.1, 0.15) is 22.9 Å². The first-order valence-corrected chi connectivity index (χ1v) is 7.46. The maximum absolute atomic E-state index is 10.2. The summed E-state index contributed by atoms with van der Waals surface area (Å²) in [4.78, 5) is 8.46. The zero-order chi connectivity index (χ0) is 16.2. The molecule has 0 aliphatic heterocycles. The van der Waals surface area contributed by atoms with E-state index in [1.165, 1.54) is 0 Å². The second-order valence-corrected chi connectivity index (χ2v) is 5.46. The van der Waals surface area contributed by atoms with Gasteiger partial charge in [0, 0.05) is 29.2 Å². The van der Waals surface area contributed by atoms with E-state index < -0.39 is 6.10 Å². The smallest absolute Gasteiger partial charge is 0.124 e. The van der Waals surface area contributed by atoms with E-state index >= 15 is 0 Å². The molecule has 0 aliphatic carbocycles. The molecule has 0 radical (unpaired) electrons. The van der Waals surface area contributed by atoms with Crippen molar-refractivity contribution in [1.82, 2.24) is 4.98 Å². The molecule has 2 aromatic carbocycles. The predicted octanol–water partition coefficient (Wildman–Crippen LogP) is 3.40. The van der Waals surface area contributed by atoms with Crippen LogP contribution in [-0.2, 0) is 0 Å². The third-order valence-electron chi connectivity index (χ3n) is 3.77. The van der Waals surface area contributed by atoms with Crippen molar-refractivity contribution in [2.45, 2.75) is 13.0 Å². The highest BCUT2D eigenvalue weighted by molar-refractivity contribution is 6.02. The van der Waals surface area contributed by atoms with Crippen LogP contribution in [0.2, 0.25) is 0 Å². The standard InChI is InChI=1S/C19H18N2O2/c1-13-6-7-15(10-21-13)19(23)12-20-11-17-16-5-3-2-4-14(16)8-9-18(17)22/h2-11,19,22-23H,12H2,1H3/t19-/m1/s1. The number of hydrogen-bond donors (Lipinski definition) is 2. The molecule has 0 saturated heterocycles. The molecule has 0 saturated carbocycles. The Kier molecular flexibility index (Phi) is 4.35. The minimum absolute atomic E-state index is 0.180. The van der Waals surface area contributed by atoms with Gasteiger partial charge in [-0.25, -0.2) is 0 Å². The summed E-state index contributed by atoms with van der Waals surface area (Å²) in [5.41, 5.74) is 2.30. The van der Waals surface area contributed by atoms with Gasteiger partial charge >= 0.3 is 0 Å². The summed E-state index contributed by atoms with van der Waals surface area (Å²) >= 11 is 0. The van der Waals surface area contributed by atoms with Crippen LogP contribution in [0.5, 0.6) is 5.75 Å². The Morgan fingerprint density at radius 2 is 1.96 bits per heavy atom. The Labute approximate surface area is 134 Å². The number of benzene rings is 2. The lowest BCUT2D eigenvalue weighted by atomic mass is 10.0. The van der Waals surface area contributed by atoms with E-state index in [-0.39, 0.29) is 12.3 Å². The first-order valence-electron chi connectivity index (χ1n) is 7.46. The van der Waals surface area contributed by atoms with Gasteiger partial charge in [0.15, 0.2) is 0 Å². The highest BCUT2D eigenvalue weighted by atomic mass is 16.3. The van der Waals surface area contributed by atoms with Crippen LogP contribution in [0.25, 0.3) is 10.8 Å². The number of aliphatic hydroxyl groups excluding tert-OH is 1. The molecule has 2 N–H and O–H groups in total. The zero-order valence-electron chi connectivity index (χ0n) is 12.8. The van der Waals surface area contributed by atoms with Gasteiger partial charge in [-0.2, -0.15) is 0 Å². The van der Waals surface area contributed by atoms with E-state index in [4.69, 9.17) is 0 Å². The van der Waals surface area contributed by atoms with Gasteiger partial charge in [0.25, 0.3) is 0 Å². The highest BCUT2D eigenvalue weighted by Gasteiger charge is 2.07. The van der Waals surface area contributed by atoms with Gasteiger partial charge in [0.1, 0.15) is 5.75 Å². The van der Waals surface area contributed by atoms with Crippen molar-refractivity contribution in [3.8, 4) is 5.75 Å². The zero-order valence-corrected chi connectivity index (χ0v) is 12.8. The molecule has 0 unspecified atom stereocenters. The molecule has 0 bridgehead atoms. The fraction of sp³-hybridized carbons (Fsp3) is 0.158. The summed E-state index contributed by atoms with van der Waals surface area (Å²) in [6, 6.07) is 15.0. The van der Waals surface area contributed by atoms with E-state index in [1.807, 2.05) is 49.4 Å². The third kappa shape index (κ3) is 3.38. The van der Waals surface area contributed by atoms with E-state index in [0.717, 1.165) is 22.0 Å². The number of rotatable bonds is 4. The van der Waals surface area contributed by atoms with Gasteiger partial charge in [-0.05, 0) is 29.8 Å². The van der Waals surface area contributed by atoms with Crippen molar-refractivity contribution >= 4 is 17.0 Å². The van der Waals surface area contributed by atoms with Gasteiger partial charge in [-0.3, -0.25) is 9.98 Å². The second kappa shape index (κ2) is 6.58. The number of aliphatic hydroxyl groups is 1. The summed E-state index contributed by atoms with van der Waals surface area (Å²) in [6.45, 7) is 2.12. The lowest BCUT2D eigenvalue weighted by Crippen LogP contribution is -2.02. The van der Waals surface area contributed by atoms with Gasteiger partial charge in [-0.1, -0.05) is 36.4 Å². The second-order valence-electron chi connectivity index (χ2n) is 5.46. The number of hydrogen-bond acceptors (Lipinski definition) is 4. The van der Waals surface area contributed by atoms with Crippen LogP contribution in [0, 0.1) is 6.92 Å². The number of aromatic hydroxyl groups is 1. The normalized spacial score (nSPS) is 12.8. The van der Waals surface area contributed by atoms with Crippen molar-refractivity contribution in [1.29, 1.82) is 0 Å². The largest absolute Gasteiger partial charge is 0.507 e. The summed E-state index contributed by atoms with van der Waals surface area (Å²) in [5.74, 6) is 0.180. The third-order valence-corrected chi connectivity index (χ3v) is 3.77. The van der Waals surface area contributed by atoms with Gasteiger partial charge in [-0.15, -0.1) is 0 Å². The van der Waals surface area contributed by atoms with Crippen LogP contribution >= 0.6 is 0 Å². The molecule has 1 heterocycles. The molecule has 4 nitrogen and oxygen atoms in total. The molecular formula is C19H18N2O2. The van der Waals surface area contributed by atoms with Gasteiger partial charge in [0.05, 0.1) is 12.6 Å². The van der Waals surface area contributed by atoms with Crippen LogP contribution in [0.4, 0.5) is 0 Å². The van der Waals surface area contributed by atoms with Crippen molar-refractivity contribution in [3.63, 3.8) is 0 Å². The topological polar surface area (TPSA) is 65.7 Å². The first kappa shape index (κ1) is 15.2. The SMILES string of the molecule is Cc1ccc([C@H](O)CN=Cc2c(O)ccc3ccccc23)cn1. The van der Waals surface area contributed by atoms with Crippen molar-refractivity contribution in [2.24, 2.45) is 4.99 Å². The number of phenolic OH excluding ortho intramolecular Hbond substituents is 1. The van der Waals surface area contributed by atoms with E-state index in [0.29, 0.717) is 5.56 Å². The molecule has 3 aromatic rings. The predicted molar refractivity (Wildman–Crippen MR) is 92.0 cm³/mol. The first-order chi connectivity index (χ1) is 11.1. The maximum atomic E-state index is 10.2. The summed E-state index contributed by atoms with van der Waals surface area (Å²) in [5, 5.41) is 22.2. The Morgan fingerprint density at radius 3 is 2.74 bits per heavy atom. The van der Waals surface area contributed by atoms with E-state index in [9.17, 15) is 10.2 Å². The lowest BCUT2D eigenvalue weighted by Gasteiger charge is -2.08. The van der Waals surface area contributed by atoms with E-state index in [2.05, 4.69) is 9.98 Å². The molecule has 0 spiro atoms. The van der Waals surface area contributed by atoms with Gasteiger partial charge in [0.2, 0.25) is 0 Å². The number of pyridine rings is 1. The fourth-order valence-corrected chi connectivity index (χ4v) is 2.45. The summed E-state index contributed by atoms with van der Waals surface area (Å²) in [7, 11) is 0. The van der Waals surface area contributed by atoms with Crippen LogP contribution in [0.15, 0.2) is 59.7 Å². The maximum Gasteiger partial charge on any atom is 0.124 e. The summed E-state index contributed by atoms with van der Waals surface area (Å²) in [6.07, 6.45) is 2.56. The van der Waals surface area contributed by atoms with Crippen LogP contribution < -0.4 is 0 Å². The van der Waals surface area contributed by atoms with Crippen LogP contribution in [-0.4, -0.2) is 28.0 Å². The summed E-state index contributed by atoms with van der Waals surface area (Å²) < 4.78 is 0. The molecule has 3 rings (SSSR count). The number of aryl methyl sites for hydroxylation is 1. The Balaban J connectivity index is 1.80. The molecule has 4 heteroatoms. The molecule has 1 aromatic heterocycles. The number of aliphatic imine (C=N–C) groups is 1. The number of phenols is 1. The lowest BCUT2D eigenvalue weighted by molar-refractivity contribution is 0.187. The number of nitrogens with zero attached hydrogens (tertiary/aromatic N) is 2. The van der Waals surface area contributed by atoms with E-state index in [1.54, 1.807) is 18.5 Å². The fourth-order valence-electron chi connectivity index (χ4n) is 2.45. The average molecular weight is 306 g/mol. The monoisotopic (exact) mass is 306 g/mol. The van der Waals surface area contributed by atoms with Crippen molar-refractivity contribution < 1.29 is 10.2 Å². The van der Waals surface area contributed by atoms with Gasteiger partial charge < -0.3 is 10.2 Å². The minimum atomic E-state index is -0.712. The average Bonchev–Trinajstić information content (AvgIpc) is 2.57. The minimum Gasteiger partial charge on any atom is -0.507 e. The number of aromatic nitrogens is 1. The molecule has 0 fully saturated rings. The Morgan fingerprint density at radius 1 is 1.13 bits per heavy atom. The molecule has 0 amide bonds. The Bertz CT molecular complexity index is 842. The Hall–Kier alpha value is -2.72. The molecular weight excluding hydrogens is 288 g/mol. The molecule has 23 heavy (non-hydrogen) atoms. The highest BCUT2D eigenvalue weighted by Crippen LogP contribution is 2.25. The molecule has 1 atom stereocenters. The van der Waals surface area contributed by atoms with Crippen molar-refractivity contribution in [3.05, 3.63) is 71.5 Å². The van der Waals surface area contributed by atoms with Crippen molar-refractivity contribution in [2.75, 3.05) is 6.54 Å².